The van der Waals surface area contributed by atoms with Gasteiger partial charge in [-0.05, 0) is 35.7 Å². The van der Waals surface area contributed by atoms with Gasteiger partial charge in [0.05, 0.1) is 19.2 Å². The van der Waals surface area contributed by atoms with Crippen LogP contribution >= 0.6 is 0 Å². The third kappa shape index (κ3) is 3.69. The van der Waals surface area contributed by atoms with Gasteiger partial charge in [-0.3, -0.25) is 9.59 Å². The molecule has 0 bridgehead atoms. The summed E-state index contributed by atoms with van der Waals surface area (Å²) in [6, 6.07) is 12.6. The van der Waals surface area contributed by atoms with Gasteiger partial charge in [0.25, 0.3) is 5.91 Å². The van der Waals surface area contributed by atoms with E-state index in [0.717, 1.165) is 17.2 Å². The van der Waals surface area contributed by atoms with Gasteiger partial charge in [-0.15, -0.1) is 0 Å². The highest BCUT2D eigenvalue weighted by Crippen LogP contribution is 2.29. The van der Waals surface area contributed by atoms with Crippen LogP contribution in [0.1, 0.15) is 27.5 Å². The average Bonchev–Trinajstić information content (AvgIpc) is 2.64. The zero-order valence-corrected chi connectivity index (χ0v) is 13.6. The second kappa shape index (κ2) is 7.44. The Hall–Kier alpha value is -2.73. The van der Waals surface area contributed by atoms with Crippen LogP contribution in [0, 0.1) is 5.82 Å². The van der Waals surface area contributed by atoms with E-state index in [2.05, 4.69) is 5.32 Å². The molecular formula is C19H19FN2O3. The number of aliphatic hydroxyl groups excluding tert-OH is 1. The molecule has 0 radical (unpaired) electrons. The fraction of sp³-hybridized carbons (Fsp3) is 0.263. The quantitative estimate of drug-likeness (QED) is 0.888. The monoisotopic (exact) mass is 342 g/mol. The lowest BCUT2D eigenvalue weighted by Crippen LogP contribution is -2.46. The van der Waals surface area contributed by atoms with E-state index in [-0.39, 0.29) is 24.6 Å². The highest BCUT2D eigenvalue weighted by atomic mass is 19.1. The fourth-order valence-electron chi connectivity index (χ4n) is 3.14. The van der Waals surface area contributed by atoms with Crippen molar-refractivity contribution in [1.29, 1.82) is 0 Å². The first-order valence-corrected chi connectivity index (χ1v) is 8.12. The normalized spacial score (nSPS) is 16.2. The van der Waals surface area contributed by atoms with Gasteiger partial charge in [-0.25, -0.2) is 4.39 Å². The number of benzene rings is 2. The summed E-state index contributed by atoms with van der Waals surface area (Å²) in [4.78, 5) is 26.1. The van der Waals surface area contributed by atoms with Crippen LogP contribution in [0.4, 0.5) is 4.39 Å². The molecule has 0 fully saturated rings. The number of halogens is 1. The van der Waals surface area contributed by atoms with Crippen LogP contribution in [0.15, 0.2) is 48.5 Å². The van der Waals surface area contributed by atoms with Crippen LogP contribution in [-0.4, -0.2) is 41.5 Å². The minimum Gasteiger partial charge on any atom is -0.394 e. The van der Waals surface area contributed by atoms with E-state index in [1.54, 1.807) is 4.90 Å². The van der Waals surface area contributed by atoms with Crippen molar-refractivity contribution >= 4 is 11.8 Å². The van der Waals surface area contributed by atoms with Crippen molar-refractivity contribution in [3.8, 4) is 0 Å². The number of amides is 2. The SMILES string of the molecule is O=C(NCC(=O)N1CCc2ccccc2[C@@H]1CO)c1cccc(F)c1. The zero-order valence-electron chi connectivity index (χ0n) is 13.6. The first kappa shape index (κ1) is 17.1. The molecule has 5 nitrogen and oxygen atoms in total. The predicted octanol–water partition coefficient (Wildman–Crippen LogP) is 1.67. The van der Waals surface area contributed by atoms with Gasteiger partial charge in [0.1, 0.15) is 5.82 Å². The van der Waals surface area contributed by atoms with Crippen LogP contribution in [-0.2, 0) is 11.2 Å². The highest BCUT2D eigenvalue weighted by molar-refractivity contribution is 5.96. The molecule has 0 saturated heterocycles. The summed E-state index contributed by atoms with van der Waals surface area (Å²) in [5.74, 6) is -1.30. The van der Waals surface area contributed by atoms with Crippen molar-refractivity contribution < 1.29 is 19.1 Å². The van der Waals surface area contributed by atoms with Crippen molar-refractivity contribution in [2.24, 2.45) is 0 Å². The second-order valence-electron chi connectivity index (χ2n) is 5.93. The summed E-state index contributed by atoms with van der Waals surface area (Å²) in [5.41, 5.74) is 2.21. The Balaban J connectivity index is 1.66. The minimum absolute atomic E-state index is 0.162. The largest absolute Gasteiger partial charge is 0.394 e. The van der Waals surface area contributed by atoms with Crippen LogP contribution in [0.5, 0.6) is 0 Å². The first-order valence-electron chi connectivity index (χ1n) is 8.12. The number of hydrogen-bond donors (Lipinski definition) is 2. The number of fused-ring (bicyclic) bond motifs is 1. The van der Waals surface area contributed by atoms with E-state index < -0.39 is 17.8 Å². The van der Waals surface area contributed by atoms with Gasteiger partial charge < -0.3 is 15.3 Å². The van der Waals surface area contributed by atoms with Gasteiger partial charge in [0.2, 0.25) is 5.91 Å². The van der Waals surface area contributed by atoms with E-state index in [1.807, 2.05) is 24.3 Å². The Bertz CT molecular complexity index is 794. The van der Waals surface area contributed by atoms with Crippen molar-refractivity contribution in [3.63, 3.8) is 0 Å². The Morgan fingerprint density at radius 1 is 1.20 bits per heavy atom. The van der Waals surface area contributed by atoms with E-state index in [4.69, 9.17) is 0 Å². The van der Waals surface area contributed by atoms with Gasteiger partial charge in [0, 0.05) is 12.1 Å². The van der Waals surface area contributed by atoms with Crippen LogP contribution < -0.4 is 5.32 Å². The molecule has 0 spiro atoms. The first-order chi connectivity index (χ1) is 12.1. The molecule has 1 heterocycles. The standard InChI is InChI=1S/C19H19FN2O3/c20-15-6-3-5-14(10-15)19(25)21-11-18(24)22-9-8-13-4-1-2-7-16(13)17(22)12-23/h1-7,10,17,23H,8-9,11-12H2,(H,21,25)/t17-/m0/s1. The summed E-state index contributed by atoms with van der Waals surface area (Å²) in [5, 5.41) is 12.2. The fourth-order valence-corrected chi connectivity index (χ4v) is 3.14. The molecule has 1 atom stereocenters. The third-order valence-electron chi connectivity index (χ3n) is 4.39. The van der Waals surface area contributed by atoms with Gasteiger partial charge in [-0.2, -0.15) is 0 Å². The lowest BCUT2D eigenvalue weighted by Gasteiger charge is -2.36. The molecular weight excluding hydrogens is 323 g/mol. The summed E-state index contributed by atoms with van der Waals surface area (Å²) >= 11 is 0. The van der Waals surface area contributed by atoms with Crippen LogP contribution in [0.2, 0.25) is 0 Å². The summed E-state index contributed by atoms with van der Waals surface area (Å²) in [6.07, 6.45) is 0.705. The summed E-state index contributed by atoms with van der Waals surface area (Å²) in [7, 11) is 0. The molecule has 1 aliphatic rings. The lowest BCUT2D eigenvalue weighted by molar-refractivity contribution is -0.134. The third-order valence-corrected chi connectivity index (χ3v) is 4.39. The molecule has 0 saturated carbocycles. The number of carbonyl (C=O) groups excluding carboxylic acids is 2. The molecule has 0 unspecified atom stereocenters. The van der Waals surface area contributed by atoms with Gasteiger partial charge in [-0.1, -0.05) is 30.3 Å². The topological polar surface area (TPSA) is 69.6 Å². The van der Waals surface area contributed by atoms with Crippen molar-refractivity contribution in [3.05, 3.63) is 71.0 Å². The number of nitrogens with one attached hydrogen (secondary N) is 1. The number of hydrogen-bond acceptors (Lipinski definition) is 3. The smallest absolute Gasteiger partial charge is 0.251 e. The van der Waals surface area contributed by atoms with Crippen molar-refractivity contribution in [1.82, 2.24) is 10.2 Å². The van der Waals surface area contributed by atoms with Crippen molar-refractivity contribution in [2.75, 3.05) is 19.7 Å². The number of carbonyl (C=O) groups is 2. The molecule has 2 amide bonds. The zero-order chi connectivity index (χ0) is 17.8. The second-order valence-corrected chi connectivity index (χ2v) is 5.93. The molecule has 25 heavy (non-hydrogen) atoms. The van der Waals surface area contributed by atoms with Gasteiger partial charge in [0.15, 0.2) is 0 Å². The Kier molecular flexibility index (Phi) is 5.09. The molecule has 2 aromatic carbocycles. The molecule has 0 aromatic heterocycles. The predicted molar refractivity (Wildman–Crippen MR) is 90.4 cm³/mol. The minimum atomic E-state index is -0.509. The summed E-state index contributed by atoms with van der Waals surface area (Å²) < 4.78 is 13.2. The van der Waals surface area contributed by atoms with Crippen LogP contribution in [0.25, 0.3) is 0 Å². The van der Waals surface area contributed by atoms with E-state index in [0.29, 0.717) is 13.0 Å². The van der Waals surface area contributed by atoms with E-state index >= 15 is 0 Å². The molecule has 2 aromatic rings. The molecule has 6 heteroatoms. The average molecular weight is 342 g/mol. The Labute approximate surface area is 145 Å². The van der Waals surface area contributed by atoms with Crippen molar-refractivity contribution in [2.45, 2.75) is 12.5 Å². The number of nitrogens with zero attached hydrogens (tertiary/aromatic N) is 1. The van der Waals surface area contributed by atoms with E-state index in [1.165, 1.54) is 18.2 Å². The maximum absolute atomic E-state index is 13.2. The molecule has 130 valence electrons. The number of rotatable bonds is 4. The highest BCUT2D eigenvalue weighted by Gasteiger charge is 2.30. The van der Waals surface area contributed by atoms with Gasteiger partial charge >= 0.3 is 0 Å². The molecule has 2 N–H and O–H groups in total. The van der Waals surface area contributed by atoms with E-state index in [9.17, 15) is 19.1 Å². The maximum atomic E-state index is 13.2. The molecule has 1 aliphatic heterocycles. The molecule has 0 aliphatic carbocycles. The number of aliphatic hydroxyl groups is 1. The summed E-state index contributed by atoms with van der Waals surface area (Å²) in [6.45, 7) is 0.103. The molecule has 3 rings (SSSR count). The Morgan fingerprint density at radius 3 is 2.76 bits per heavy atom. The Morgan fingerprint density at radius 2 is 2.00 bits per heavy atom. The lowest BCUT2D eigenvalue weighted by atomic mass is 9.93. The van der Waals surface area contributed by atoms with Crippen LogP contribution in [0.3, 0.4) is 0 Å². The maximum Gasteiger partial charge on any atom is 0.251 e.